The highest BCUT2D eigenvalue weighted by Gasteiger charge is 2.31. The highest BCUT2D eigenvalue weighted by atomic mass is 15.4. The van der Waals surface area contributed by atoms with E-state index in [0.29, 0.717) is 0 Å². The molecule has 2 aliphatic rings. The number of hydrogen-bond acceptors (Lipinski definition) is 5. The zero-order chi connectivity index (χ0) is 11.7. The van der Waals surface area contributed by atoms with Crippen LogP contribution in [-0.4, -0.2) is 72.1 Å². The molecule has 0 atom stereocenters. The summed E-state index contributed by atoms with van der Waals surface area (Å²) in [6.45, 7) is 6.81. The van der Waals surface area contributed by atoms with Gasteiger partial charge in [0.2, 0.25) is 5.95 Å². The molecule has 0 aliphatic carbocycles. The maximum Gasteiger partial charge on any atom is 0.225 e. The van der Waals surface area contributed by atoms with Gasteiger partial charge in [-0.15, -0.1) is 0 Å². The summed E-state index contributed by atoms with van der Waals surface area (Å²) < 4.78 is 0. The molecule has 2 aliphatic heterocycles. The number of rotatable bonds is 2. The topological polar surface area (TPSA) is 35.5 Å². The Balaban J connectivity index is 1.54. The molecule has 0 radical (unpaired) electrons. The van der Waals surface area contributed by atoms with Crippen LogP contribution in [0, 0.1) is 0 Å². The lowest BCUT2D eigenvalue weighted by atomic mass is 10.1. The molecule has 0 N–H and O–H groups in total. The Morgan fingerprint density at radius 2 is 1.71 bits per heavy atom. The number of aromatic nitrogens is 2. The molecule has 0 aromatic carbocycles. The van der Waals surface area contributed by atoms with E-state index in [1.165, 1.54) is 13.1 Å². The summed E-state index contributed by atoms with van der Waals surface area (Å²) in [6, 6.07) is 2.64. The predicted octanol–water partition coefficient (Wildman–Crippen LogP) is -0.0874. The van der Waals surface area contributed by atoms with Gasteiger partial charge in [0.05, 0.1) is 0 Å². The maximum atomic E-state index is 4.31. The van der Waals surface area contributed by atoms with Crippen LogP contribution in [0.2, 0.25) is 0 Å². The smallest absolute Gasteiger partial charge is 0.225 e. The molecular formula is C12H19N5. The Hall–Kier alpha value is -1.20. The molecule has 0 bridgehead atoms. The second-order valence-electron chi connectivity index (χ2n) is 4.95. The van der Waals surface area contributed by atoms with E-state index < -0.39 is 0 Å². The minimum absolute atomic E-state index is 0.777. The van der Waals surface area contributed by atoms with E-state index in [-0.39, 0.29) is 0 Å². The highest BCUT2D eigenvalue weighted by Crippen LogP contribution is 2.16. The summed E-state index contributed by atoms with van der Waals surface area (Å²) >= 11 is 0. The molecule has 0 unspecified atom stereocenters. The normalized spacial score (nSPS) is 23.7. The van der Waals surface area contributed by atoms with Crippen LogP contribution in [0.3, 0.4) is 0 Å². The molecule has 1 aromatic rings. The van der Waals surface area contributed by atoms with Gasteiger partial charge in [-0.3, -0.25) is 4.90 Å². The fraction of sp³-hybridized carbons (Fsp3) is 0.667. The molecule has 2 saturated heterocycles. The van der Waals surface area contributed by atoms with Crippen molar-refractivity contribution in [2.24, 2.45) is 0 Å². The van der Waals surface area contributed by atoms with Crippen LogP contribution in [0.5, 0.6) is 0 Å². The third kappa shape index (κ3) is 2.25. The number of hydrogen-bond donors (Lipinski definition) is 0. The van der Waals surface area contributed by atoms with Crippen molar-refractivity contribution >= 4 is 5.95 Å². The van der Waals surface area contributed by atoms with Crippen LogP contribution in [0.15, 0.2) is 18.5 Å². The van der Waals surface area contributed by atoms with Crippen LogP contribution in [0.4, 0.5) is 5.95 Å². The predicted molar refractivity (Wildman–Crippen MR) is 67.1 cm³/mol. The number of likely N-dealkylation sites (tertiary alicyclic amines) is 1. The first-order chi connectivity index (χ1) is 8.33. The van der Waals surface area contributed by atoms with E-state index >= 15 is 0 Å². The first-order valence-corrected chi connectivity index (χ1v) is 6.27. The Labute approximate surface area is 102 Å². The van der Waals surface area contributed by atoms with E-state index in [1.54, 1.807) is 0 Å². The standard InChI is InChI=1S/C12H19N5/c1-15-9-11(10-15)16-5-7-17(8-6-16)12-13-3-2-4-14-12/h2-4,11H,5-10H2,1H3. The van der Waals surface area contributed by atoms with Crippen molar-refractivity contribution in [2.45, 2.75) is 6.04 Å². The molecule has 0 amide bonds. The van der Waals surface area contributed by atoms with Crippen LogP contribution < -0.4 is 4.90 Å². The number of anilines is 1. The third-order valence-electron chi connectivity index (χ3n) is 3.71. The van der Waals surface area contributed by atoms with Gasteiger partial charge < -0.3 is 9.80 Å². The average molecular weight is 233 g/mol. The van der Waals surface area contributed by atoms with Crippen molar-refractivity contribution < 1.29 is 0 Å². The minimum atomic E-state index is 0.777. The molecule has 5 heteroatoms. The summed E-state index contributed by atoms with van der Waals surface area (Å²) in [7, 11) is 2.19. The van der Waals surface area contributed by atoms with Crippen molar-refractivity contribution in [1.82, 2.24) is 19.8 Å². The van der Waals surface area contributed by atoms with Crippen molar-refractivity contribution in [3.8, 4) is 0 Å². The van der Waals surface area contributed by atoms with Gasteiger partial charge in [0.1, 0.15) is 0 Å². The van der Waals surface area contributed by atoms with Crippen molar-refractivity contribution in [3.05, 3.63) is 18.5 Å². The molecule has 0 spiro atoms. The zero-order valence-electron chi connectivity index (χ0n) is 10.3. The van der Waals surface area contributed by atoms with Crippen LogP contribution in [0.25, 0.3) is 0 Å². The summed E-state index contributed by atoms with van der Waals surface area (Å²) in [5.41, 5.74) is 0. The summed E-state index contributed by atoms with van der Waals surface area (Å²) in [5.74, 6) is 0.873. The molecular weight excluding hydrogens is 214 g/mol. The second-order valence-corrected chi connectivity index (χ2v) is 4.95. The van der Waals surface area contributed by atoms with Crippen LogP contribution >= 0.6 is 0 Å². The van der Waals surface area contributed by atoms with E-state index in [2.05, 4.69) is 31.7 Å². The molecule has 5 nitrogen and oxygen atoms in total. The first kappa shape index (κ1) is 10.9. The van der Waals surface area contributed by atoms with Gasteiger partial charge in [-0.05, 0) is 13.1 Å². The van der Waals surface area contributed by atoms with E-state index in [9.17, 15) is 0 Å². The Kier molecular flexibility index (Phi) is 2.94. The van der Waals surface area contributed by atoms with Gasteiger partial charge in [0.25, 0.3) is 0 Å². The fourth-order valence-electron chi connectivity index (χ4n) is 2.64. The van der Waals surface area contributed by atoms with Crippen LogP contribution in [0.1, 0.15) is 0 Å². The van der Waals surface area contributed by atoms with Crippen molar-refractivity contribution in [2.75, 3.05) is 51.2 Å². The minimum Gasteiger partial charge on any atom is -0.338 e. The van der Waals surface area contributed by atoms with Gasteiger partial charge in [-0.25, -0.2) is 9.97 Å². The zero-order valence-corrected chi connectivity index (χ0v) is 10.3. The largest absolute Gasteiger partial charge is 0.338 e. The molecule has 0 saturated carbocycles. The Morgan fingerprint density at radius 1 is 1.06 bits per heavy atom. The van der Waals surface area contributed by atoms with Gasteiger partial charge in [0.15, 0.2) is 0 Å². The van der Waals surface area contributed by atoms with E-state index in [1.807, 2.05) is 18.5 Å². The molecule has 2 fully saturated rings. The van der Waals surface area contributed by atoms with Gasteiger partial charge >= 0.3 is 0 Å². The number of piperazine rings is 1. The SMILES string of the molecule is CN1CC(N2CCN(c3ncccn3)CC2)C1. The fourth-order valence-corrected chi connectivity index (χ4v) is 2.64. The Morgan fingerprint density at radius 3 is 2.29 bits per heavy atom. The quantitative estimate of drug-likeness (QED) is 0.713. The molecule has 92 valence electrons. The summed E-state index contributed by atoms with van der Waals surface area (Å²) in [5, 5.41) is 0. The van der Waals surface area contributed by atoms with Crippen molar-refractivity contribution in [3.63, 3.8) is 0 Å². The molecule has 3 rings (SSSR count). The lowest BCUT2D eigenvalue weighted by molar-refractivity contribution is 0.0486. The lowest BCUT2D eigenvalue weighted by Gasteiger charge is -2.46. The first-order valence-electron chi connectivity index (χ1n) is 6.27. The maximum absolute atomic E-state index is 4.31. The summed E-state index contributed by atoms with van der Waals surface area (Å²) in [6.07, 6.45) is 3.63. The van der Waals surface area contributed by atoms with Gasteiger partial charge in [0, 0.05) is 57.7 Å². The van der Waals surface area contributed by atoms with E-state index in [4.69, 9.17) is 0 Å². The van der Waals surface area contributed by atoms with E-state index in [0.717, 1.165) is 38.2 Å². The van der Waals surface area contributed by atoms with Gasteiger partial charge in [-0.2, -0.15) is 0 Å². The lowest BCUT2D eigenvalue weighted by Crippen LogP contribution is -2.62. The van der Waals surface area contributed by atoms with Crippen LogP contribution in [-0.2, 0) is 0 Å². The second kappa shape index (κ2) is 4.58. The molecule has 17 heavy (non-hydrogen) atoms. The monoisotopic (exact) mass is 233 g/mol. The number of likely N-dealkylation sites (N-methyl/N-ethyl adjacent to an activating group) is 1. The molecule has 3 heterocycles. The van der Waals surface area contributed by atoms with Gasteiger partial charge in [-0.1, -0.05) is 0 Å². The summed E-state index contributed by atoms with van der Waals surface area (Å²) in [4.78, 5) is 15.9. The number of nitrogens with zero attached hydrogens (tertiary/aromatic N) is 5. The highest BCUT2D eigenvalue weighted by molar-refractivity contribution is 5.29. The third-order valence-corrected chi connectivity index (χ3v) is 3.71. The Bertz CT molecular complexity index is 354. The molecule has 1 aromatic heterocycles. The van der Waals surface area contributed by atoms with Crippen molar-refractivity contribution in [1.29, 1.82) is 0 Å². The average Bonchev–Trinajstić information content (AvgIpc) is 2.36.